The summed E-state index contributed by atoms with van der Waals surface area (Å²) in [5.41, 5.74) is 4.16. The number of amides is 2. The van der Waals surface area contributed by atoms with E-state index in [1.807, 2.05) is 77.9 Å². The maximum absolute atomic E-state index is 13.1. The van der Waals surface area contributed by atoms with Gasteiger partial charge in [-0.25, -0.2) is 10.0 Å². The van der Waals surface area contributed by atoms with Gasteiger partial charge in [-0.05, 0) is 12.8 Å². The van der Waals surface area contributed by atoms with Crippen LogP contribution in [0.2, 0.25) is 0 Å². The van der Waals surface area contributed by atoms with Crippen molar-refractivity contribution in [3.8, 4) is 11.1 Å². The van der Waals surface area contributed by atoms with E-state index in [2.05, 4.69) is 6.07 Å². The van der Waals surface area contributed by atoms with E-state index in [0.717, 1.165) is 35.1 Å². The van der Waals surface area contributed by atoms with Gasteiger partial charge < -0.3 is 0 Å². The Morgan fingerprint density at radius 2 is 1.35 bits per heavy atom. The second-order valence-corrected chi connectivity index (χ2v) is 7.54. The SMILES string of the molecule is CC.CC.Cc1cc(C)c(C2(Cl)C(=O)N3CCCCN3C2=O)[c-]c1-c1ccccc1.[W]. The summed E-state index contributed by atoms with van der Waals surface area (Å²) in [6, 6.07) is 15.1. The Bertz CT molecular complexity index is 878. The first-order chi connectivity index (χ1) is 14.4. The predicted octanol–water partition coefficient (Wildman–Crippen LogP) is 5.63. The molecule has 0 atom stereocenters. The molecule has 31 heavy (non-hydrogen) atoms. The van der Waals surface area contributed by atoms with E-state index in [1.54, 1.807) is 0 Å². The van der Waals surface area contributed by atoms with Crippen LogP contribution in [0.3, 0.4) is 0 Å². The number of nitrogens with zero attached hydrogens (tertiary/aromatic N) is 2. The fourth-order valence-corrected chi connectivity index (χ4v) is 4.29. The van der Waals surface area contributed by atoms with Gasteiger partial charge >= 0.3 is 0 Å². The summed E-state index contributed by atoms with van der Waals surface area (Å²) in [7, 11) is 0. The van der Waals surface area contributed by atoms with E-state index in [0.29, 0.717) is 18.7 Å². The number of halogens is 1. The fourth-order valence-electron chi connectivity index (χ4n) is 3.90. The summed E-state index contributed by atoms with van der Waals surface area (Å²) in [6.45, 7) is 13.0. The van der Waals surface area contributed by atoms with Crippen LogP contribution in [0, 0.1) is 19.9 Å². The van der Waals surface area contributed by atoms with Crippen LogP contribution >= 0.6 is 11.6 Å². The van der Waals surface area contributed by atoms with Crippen molar-refractivity contribution in [2.75, 3.05) is 13.1 Å². The molecule has 0 saturated carbocycles. The standard InChI is InChI=1S/C21H20ClN2O2.2C2H6.W/c1-14-12-15(2)18(13-17(14)16-8-4-3-5-9-16)21(22)19(25)23-10-6-7-11-24(23)20(21)26;2*1-2;/h3-5,8-9,12H,6-7,10-11H2,1-2H3;2*1-2H3;/q-1;;;. The van der Waals surface area contributed by atoms with Gasteiger partial charge in [0.1, 0.15) is 0 Å². The van der Waals surface area contributed by atoms with E-state index < -0.39 is 4.87 Å². The molecule has 0 bridgehead atoms. The van der Waals surface area contributed by atoms with Crippen LogP contribution in [0.5, 0.6) is 0 Å². The summed E-state index contributed by atoms with van der Waals surface area (Å²) >= 11 is 6.78. The van der Waals surface area contributed by atoms with Gasteiger partial charge in [-0.3, -0.25) is 9.59 Å². The van der Waals surface area contributed by atoms with Crippen molar-refractivity contribution < 1.29 is 30.7 Å². The smallest absolute Gasteiger partial charge is 0.270 e. The number of hydrazine groups is 1. The van der Waals surface area contributed by atoms with E-state index in [-0.39, 0.29) is 32.9 Å². The molecule has 168 valence electrons. The van der Waals surface area contributed by atoms with E-state index in [1.165, 1.54) is 10.0 Å². The molecule has 2 aliphatic heterocycles. The maximum atomic E-state index is 13.1. The van der Waals surface area contributed by atoms with Gasteiger partial charge in [-0.2, -0.15) is 0 Å². The van der Waals surface area contributed by atoms with Crippen LogP contribution < -0.4 is 0 Å². The van der Waals surface area contributed by atoms with Gasteiger partial charge in [-0.15, -0.1) is 28.8 Å². The topological polar surface area (TPSA) is 40.6 Å². The van der Waals surface area contributed by atoms with Crippen molar-refractivity contribution >= 4 is 23.4 Å². The molecule has 0 radical (unpaired) electrons. The van der Waals surface area contributed by atoms with Crippen LogP contribution in [0.15, 0.2) is 36.4 Å². The first kappa shape index (κ1) is 27.4. The predicted molar refractivity (Wildman–Crippen MR) is 123 cm³/mol. The molecular formula is C25H32ClN2O2W-. The first-order valence-corrected chi connectivity index (χ1v) is 11.2. The summed E-state index contributed by atoms with van der Waals surface area (Å²) < 4.78 is 0. The molecule has 4 nitrogen and oxygen atoms in total. The van der Waals surface area contributed by atoms with Crippen molar-refractivity contribution in [1.29, 1.82) is 0 Å². The van der Waals surface area contributed by atoms with Crippen molar-refractivity contribution in [3.63, 3.8) is 0 Å². The Morgan fingerprint density at radius 1 is 0.871 bits per heavy atom. The molecule has 0 N–H and O–H groups in total. The van der Waals surface area contributed by atoms with Gasteiger partial charge in [-0.1, -0.05) is 94.6 Å². The van der Waals surface area contributed by atoms with Crippen LogP contribution in [-0.4, -0.2) is 34.9 Å². The summed E-state index contributed by atoms with van der Waals surface area (Å²) in [4.78, 5) is 24.4. The normalized spacial score (nSPS) is 16.4. The molecule has 0 aliphatic carbocycles. The van der Waals surface area contributed by atoms with Crippen molar-refractivity contribution in [2.24, 2.45) is 0 Å². The number of hydrogen-bond acceptors (Lipinski definition) is 2. The van der Waals surface area contributed by atoms with Crippen molar-refractivity contribution in [3.05, 3.63) is 59.2 Å². The number of hydrogen-bond donors (Lipinski definition) is 0. The third-order valence-electron chi connectivity index (χ3n) is 5.22. The van der Waals surface area contributed by atoms with Crippen LogP contribution in [-0.2, 0) is 35.5 Å². The minimum absolute atomic E-state index is 0. The minimum atomic E-state index is -1.72. The zero-order valence-electron chi connectivity index (χ0n) is 19.3. The minimum Gasteiger partial charge on any atom is -0.270 e. The number of carbonyl (C=O) groups is 2. The molecule has 0 unspecified atom stereocenters. The van der Waals surface area contributed by atoms with Crippen molar-refractivity contribution in [2.45, 2.75) is 59.3 Å². The molecule has 2 fully saturated rings. The zero-order valence-corrected chi connectivity index (χ0v) is 23.0. The molecule has 2 aromatic carbocycles. The summed E-state index contributed by atoms with van der Waals surface area (Å²) in [5, 5.41) is 3.02. The quantitative estimate of drug-likeness (QED) is 0.251. The Labute approximate surface area is 206 Å². The molecule has 2 amide bonds. The van der Waals surface area contributed by atoms with E-state index in [9.17, 15) is 9.59 Å². The zero-order chi connectivity index (χ0) is 22.5. The van der Waals surface area contributed by atoms with Crippen LogP contribution in [0.25, 0.3) is 11.1 Å². The molecule has 0 spiro atoms. The summed E-state index contributed by atoms with van der Waals surface area (Å²) in [6.07, 6.45) is 1.77. The molecule has 2 heterocycles. The molecule has 6 heteroatoms. The average molecular weight is 612 g/mol. The Morgan fingerprint density at radius 3 is 1.84 bits per heavy atom. The van der Waals surface area contributed by atoms with E-state index >= 15 is 0 Å². The third kappa shape index (κ3) is 4.91. The Balaban J connectivity index is 0.000000910. The van der Waals surface area contributed by atoms with E-state index in [4.69, 9.17) is 11.6 Å². The first-order valence-electron chi connectivity index (χ1n) is 10.9. The molecule has 0 aromatic heterocycles. The van der Waals surface area contributed by atoms with Gasteiger partial charge in [0, 0.05) is 34.2 Å². The van der Waals surface area contributed by atoms with Gasteiger partial charge in [0.2, 0.25) is 4.87 Å². The number of benzene rings is 2. The number of rotatable bonds is 2. The van der Waals surface area contributed by atoms with Crippen molar-refractivity contribution in [1.82, 2.24) is 10.0 Å². The average Bonchev–Trinajstić information content (AvgIpc) is 2.99. The molecule has 2 aliphatic rings. The number of aryl methyl sites for hydroxylation is 2. The number of fused-ring (bicyclic) bond motifs is 1. The van der Waals surface area contributed by atoms with Gasteiger partial charge in [0.25, 0.3) is 11.8 Å². The summed E-state index contributed by atoms with van der Waals surface area (Å²) in [5.74, 6) is -0.711. The van der Waals surface area contributed by atoms with Crippen LogP contribution in [0.4, 0.5) is 0 Å². The Hall–Kier alpha value is -1.64. The monoisotopic (exact) mass is 611 g/mol. The molecule has 4 rings (SSSR count). The molecular weight excluding hydrogens is 580 g/mol. The second-order valence-electron chi connectivity index (χ2n) is 6.97. The second kappa shape index (κ2) is 11.8. The molecule has 2 saturated heterocycles. The van der Waals surface area contributed by atoms with Gasteiger partial charge in [0.05, 0.1) is 0 Å². The van der Waals surface area contributed by atoms with Crippen LogP contribution in [0.1, 0.15) is 57.2 Å². The maximum Gasteiger partial charge on any atom is 0.275 e. The largest absolute Gasteiger partial charge is 0.275 e. The van der Waals surface area contributed by atoms with Gasteiger partial charge in [0.15, 0.2) is 0 Å². The number of alkyl halides is 1. The molecule has 2 aromatic rings. The Kier molecular flexibility index (Phi) is 10.5. The fraction of sp³-hybridized carbons (Fsp3) is 0.440. The number of carbonyl (C=O) groups excluding carboxylic acids is 2. The third-order valence-corrected chi connectivity index (χ3v) is 5.73.